The van der Waals surface area contributed by atoms with Crippen molar-refractivity contribution in [3.05, 3.63) is 34.9 Å². The molecule has 1 aliphatic carbocycles. The van der Waals surface area contributed by atoms with Gasteiger partial charge in [0.1, 0.15) is 0 Å². The summed E-state index contributed by atoms with van der Waals surface area (Å²) < 4.78 is 0. The Hall–Kier alpha value is -1.55. The van der Waals surface area contributed by atoms with E-state index in [1.807, 2.05) is 38.1 Å². The van der Waals surface area contributed by atoms with Crippen molar-refractivity contribution in [1.82, 2.24) is 5.32 Å². The largest absolute Gasteiger partial charge is 0.481 e. The van der Waals surface area contributed by atoms with Gasteiger partial charge >= 0.3 is 5.97 Å². The molecule has 0 spiro atoms. The van der Waals surface area contributed by atoms with Crippen molar-refractivity contribution in [3.8, 4) is 0 Å². The van der Waals surface area contributed by atoms with Crippen LogP contribution in [0.25, 0.3) is 0 Å². The van der Waals surface area contributed by atoms with Crippen LogP contribution in [0.3, 0.4) is 0 Å². The summed E-state index contributed by atoms with van der Waals surface area (Å²) in [6.07, 6.45) is 2.11. The quantitative estimate of drug-likeness (QED) is 0.843. The normalized spacial score (nSPS) is 16.7. The number of carbonyl (C=O) groups is 2. The van der Waals surface area contributed by atoms with E-state index in [4.69, 9.17) is 11.6 Å². The van der Waals surface area contributed by atoms with E-state index in [2.05, 4.69) is 5.32 Å². The maximum absolute atomic E-state index is 12.1. The standard InChI is InChI=1S/C17H22ClNO3/c1-16(2,12-6-3-4-7-13(12)18)11-19-14(20)10-17(15(21)22)8-5-9-17/h3-4,6-7H,5,8-11H2,1-2H3,(H,19,20)(H,21,22). The van der Waals surface area contributed by atoms with Gasteiger partial charge in [0.05, 0.1) is 5.41 Å². The molecular formula is C17H22ClNO3. The minimum Gasteiger partial charge on any atom is -0.481 e. The smallest absolute Gasteiger partial charge is 0.310 e. The molecule has 0 saturated heterocycles. The predicted molar refractivity (Wildman–Crippen MR) is 86.0 cm³/mol. The fourth-order valence-electron chi connectivity index (χ4n) is 2.86. The van der Waals surface area contributed by atoms with Gasteiger partial charge < -0.3 is 10.4 Å². The van der Waals surface area contributed by atoms with E-state index in [-0.39, 0.29) is 17.7 Å². The molecule has 2 rings (SSSR count). The second kappa shape index (κ2) is 6.29. The van der Waals surface area contributed by atoms with Crippen LogP contribution in [0.2, 0.25) is 5.02 Å². The number of halogens is 1. The van der Waals surface area contributed by atoms with Crippen LogP contribution in [0.1, 0.15) is 45.1 Å². The zero-order valence-electron chi connectivity index (χ0n) is 13.0. The molecule has 1 saturated carbocycles. The third kappa shape index (κ3) is 3.43. The number of hydrogen-bond donors (Lipinski definition) is 2. The van der Waals surface area contributed by atoms with Crippen molar-refractivity contribution in [2.75, 3.05) is 6.54 Å². The molecule has 5 heteroatoms. The van der Waals surface area contributed by atoms with Crippen LogP contribution >= 0.6 is 11.6 Å². The number of carbonyl (C=O) groups excluding carboxylic acids is 1. The van der Waals surface area contributed by atoms with Gasteiger partial charge in [-0.15, -0.1) is 0 Å². The SMILES string of the molecule is CC(C)(CNC(=O)CC1(C(=O)O)CCC1)c1ccccc1Cl. The van der Waals surface area contributed by atoms with Gasteiger partial charge in [0.15, 0.2) is 0 Å². The lowest BCUT2D eigenvalue weighted by Crippen LogP contribution is -2.44. The van der Waals surface area contributed by atoms with Crippen LogP contribution in [0.5, 0.6) is 0 Å². The number of carboxylic acids is 1. The highest BCUT2D eigenvalue weighted by atomic mass is 35.5. The van der Waals surface area contributed by atoms with Gasteiger partial charge in [-0.3, -0.25) is 9.59 Å². The Morgan fingerprint density at radius 3 is 2.45 bits per heavy atom. The number of aliphatic carboxylic acids is 1. The highest BCUT2D eigenvalue weighted by Crippen LogP contribution is 2.44. The molecule has 0 unspecified atom stereocenters. The maximum Gasteiger partial charge on any atom is 0.310 e. The van der Waals surface area contributed by atoms with Gasteiger partial charge in [-0.25, -0.2) is 0 Å². The molecule has 2 N–H and O–H groups in total. The second-order valence-corrected chi connectivity index (χ2v) is 7.16. The van der Waals surface area contributed by atoms with Crippen molar-refractivity contribution in [2.45, 2.75) is 44.9 Å². The fourth-order valence-corrected chi connectivity index (χ4v) is 3.26. The summed E-state index contributed by atoms with van der Waals surface area (Å²) in [5.41, 5.74) is -0.198. The lowest BCUT2D eigenvalue weighted by Gasteiger charge is -2.37. The van der Waals surface area contributed by atoms with E-state index in [9.17, 15) is 14.7 Å². The number of hydrogen-bond acceptors (Lipinski definition) is 2. The van der Waals surface area contributed by atoms with Crippen molar-refractivity contribution in [1.29, 1.82) is 0 Å². The number of benzene rings is 1. The molecule has 0 radical (unpaired) electrons. The highest BCUT2D eigenvalue weighted by molar-refractivity contribution is 6.31. The number of rotatable bonds is 6. The summed E-state index contributed by atoms with van der Waals surface area (Å²) in [5.74, 6) is -1.07. The average molecular weight is 324 g/mol. The topological polar surface area (TPSA) is 66.4 Å². The Morgan fingerprint density at radius 2 is 1.95 bits per heavy atom. The van der Waals surface area contributed by atoms with Crippen LogP contribution in [0, 0.1) is 5.41 Å². The maximum atomic E-state index is 12.1. The summed E-state index contributed by atoms with van der Waals surface area (Å²) in [4.78, 5) is 23.4. The first-order valence-corrected chi connectivity index (χ1v) is 7.90. The molecule has 0 atom stereocenters. The molecule has 1 aliphatic rings. The van der Waals surface area contributed by atoms with Crippen molar-refractivity contribution in [2.24, 2.45) is 5.41 Å². The molecule has 120 valence electrons. The Bertz CT molecular complexity index is 579. The van der Waals surface area contributed by atoms with E-state index in [1.54, 1.807) is 0 Å². The monoisotopic (exact) mass is 323 g/mol. The Balaban J connectivity index is 1.96. The molecule has 0 aliphatic heterocycles. The van der Waals surface area contributed by atoms with E-state index in [1.165, 1.54) is 0 Å². The van der Waals surface area contributed by atoms with Crippen molar-refractivity contribution < 1.29 is 14.7 Å². The first-order chi connectivity index (χ1) is 10.3. The third-order valence-corrected chi connectivity index (χ3v) is 4.92. The zero-order valence-corrected chi connectivity index (χ0v) is 13.7. The van der Waals surface area contributed by atoms with Crippen molar-refractivity contribution >= 4 is 23.5 Å². The molecule has 0 bridgehead atoms. The van der Waals surface area contributed by atoms with Crippen LogP contribution in [0.15, 0.2) is 24.3 Å². The summed E-state index contributed by atoms with van der Waals surface area (Å²) in [6.45, 7) is 4.43. The third-order valence-electron chi connectivity index (χ3n) is 4.59. The summed E-state index contributed by atoms with van der Waals surface area (Å²) >= 11 is 6.21. The minimum absolute atomic E-state index is 0.0565. The average Bonchev–Trinajstić information content (AvgIpc) is 2.40. The van der Waals surface area contributed by atoms with Crippen LogP contribution in [0.4, 0.5) is 0 Å². The molecule has 1 aromatic rings. The van der Waals surface area contributed by atoms with Gasteiger partial charge in [0.25, 0.3) is 0 Å². The zero-order chi connectivity index (χ0) is 16.4. The van der Waals surface area contributed by atoms with E-state index in [0.717, 1.165) is 12.0 Å². The molecule has 0 aromatic heterocycles. The Kier molecular flexibility index (Phi) is 4.81. The van der Waals surface area contributed by atoms with Gasteiger partial charge in [-0.1, -0.05) is 50.1 Å². The fraction of sp³-hybridized carbons (Fsp3) is 0.529. The Morgan fingerprint density at radius 1 is 1.32 bits per heavy atom. The lowest BCUT2D eigenvalue weighted by molar-refractivity contribution is -0.157. The number of nitrogens with one attached hydrogen (secondary N) is 1. The molecular weight excluding hydrogens is 302 g/mol. The van der Waals surface area contributed by atoms with Crippen LogP contribution in [-0.2, 0) is 15.0 Å². The van der Waals surface area contributed by atoms with Gasteiger partial charge in [-0.2, -0.15) is 0 Å². The molecule has 1 amide bonds. The van der Waals surface area contributed by atoms with Crippen LogP contribution < -0.4 is 5.32 Å². The molecule has 1 fully saturated rings. The lowest BCUT2D eigenvalue weighted by atomic mass is 9.66. The predicted octanol–water partition coefficient (Wildman–Crippen LogP) is 3.38. The second-order valence-electron chi connectivity index (χ2n) is 6.76. The van der Waals surface area contributed by atoms with Crippen molar-refractivity contribution in [3.63, 3.8) is 0 Å². The van der Waals surface area contributed by atoms with E-state index < -0.39 is 11.4 Å². The molecule has 0 heterocycles. The first-order valence-electron chi connectivity index (χ1n) is 7.52. The van der Waals surface area contributed by atoms with E-state index in [0.29, 0.717) is 24.4 Å². The van der Waals surface area contributed by atoms with Gasteiger partial charge in [0, 0.05) is 23.4 Å². The summed E-state index contributed by atoms with van der Waals surface area (Å²) in [5, 5.41) is 12.8. The van der Waals surface area contributed by atoms with Gasteiger partial charge in [0.2, 0.25) is 5.91 Å². The van der Waals surface area contributed by atoms with E-state index >= 15 is 0 Å². The molecule has 4 nitrogen and oxygen atoms in total. The first kappa shape index (κ1) is 16.8. The summed E-state index contributed by atoms with van der Waals surface area (Å²) in [7, 11) is 0. The Labute approximate surface area is 135 Å². The number of amides is 1. The molecule has 22 heavy (non-hydrogen) atoms. The molecule has 1 aromatic carbocycles. The summed E-state index contributed by atoms with van der Waals surface area (Å²) in [6, 6.07) is 7.56. The van der Waals surface area contributed by atoms with Crippen LogP contribution in [-0.4, -0.2) is 23.5 Å². The van der Waals surface area contributed by atoms with Gasteiger partial charge in [-0.05, 0) is 24.5 Å². The number of carboxylic acid groups (broad SMARTS) is 1. The highest BCUT2D eigenvalue weighted by Gasteiger charge is 2.46. The minimum atomic E-state index is -0.862.